The molecular formula is C29H37N5O5S. The molecule has 0 radical (unpaired) electrons. The Kier molecular flexibility index (Phi) is 8.53. The van der Waals surface area contributed by atoms with Crippen LogP contribution in [0, 0.1) is 12.8 Å². The first kappa shape index (κ1) is 28.3. The molecule has 2 fully saturated rings. The Bertz CT molecular complexity index is 1320. The number of rotatable bonds is 9. The number of ether oxygens (including phenoxy) is 1. The van der Waals surface area contributed by atoms with Crippen molar-refractivity contribution in [3.8, 4) is 16.3 Å². The standard InChI is InChI=1S/C29H37N5O5S/c1-16(2)26(24-12-25(33-39-24)38-22-9-10-30-13-22)29(37)34-14-21(35)11-23(34)28(36)32-17(3)19-5-7-20(8-6-19)27-18(4)31-15-40-27/h5-8,12,15-17,21-23,26,30,35H,9-11,13-14H2,1-4H3,(H,32,36)/t17-,21+,22?,23-,26?/m0/s1. The smallest absolute Gasteiger partial charge is 0.254 e. The zero-order valence-electron chi connectivity index (χ0n) is 23.3. The van der Waals surface area contributed by atoms with Gasteiger partial charge in [-0.05, 0) is 49.0 Å². The molecule has 10 nitrogen and oxygen atoms in total. The van der Waals surface area contributed by atoms with E-state index in [1.54, 1.807) is 17.4 Å². The Morgan fingerprint density at radius 2 is 2.02 bits per heavy atom. The summed E-state index contributed by atoms with van der Waals surface area (Å²) in [5, 5.41) is 20.8. The lowest BCUT2D eigenvalue weighted by Gasteiger charge is -2.29. The molecule has 1 aromatic carbocycles. The van der Waals surface area contributed by atoms with E-state index in [4.69, 9.17) is 9.26 Å². The van der Waals surface area contributed by atoms with Gasteiger partial charge in [-0.3, -0.25) is 9.59 Å². The molecule has 0 bridgehead atoms. The number of benzene rings is 1. The number of carbonyl (C=O) groups excluding carboxylic acids is 2. The van der Waals surface area contributed by atoms with Crippen molar-refractivity contribution in [3.63, 3.8) is 0 Å². The van der Waals surface area contributed by atoms with Gasteiger partial charge < -0.3 is 29.9 Å². The number of nitrogens with zero attached hydrogens (tertiary/aromatic N) is 3. The van der Waals surface area contributed by atoms with Crippen molar-refractivity contribution in [2.24, 2.45) is 5.92 Å². The summed E-state index contributed by atoms with van der Waals surface area (Å²) in [6.07, 6.45) is 0.292. The summed E-state index contributed by atoms with van der Waals surface area (Å²) in [7, 11) is 0. The SMILES string of the molecule is Cc1ncsc1-c1ccc([C@H](C)NC(=O)[C@@H]2C[C@@H](O)CN2C(=O)C(c2cc(OC3CCNC3)no2)C(C)C)cc1. The van der Waals surface area contributed by atoms with E-state index in [-0.39, 0.29) is 42.8 Å². The second-order valence-corrected chi connectivity index (χ2v) is 11.9. The van der Waals surface area contributed by atoms with Gasteiger partial charge in [0.05, 0.1) is 28.2 Å². The number of hydrogen-bond donors (Lipinski definition) is 3. The van der Waals surface area contributed by atoms with Crippen molar-refractivity contribution < 1.29 is 24.0 Å². The molecule has 2 amide bonds. The third-order valence-electron chi connectivity index (χ3n) is 7.69. The highest BCUT2D eigenvalue weighted by molar-refractivity contribution is 7.13. The molecule has 5 atom stereocenters. The fourth-order valence-electron chi connectivity index (χ4n) is 5.49. The Labute approximate surface area is 238 Å². The van der Waals surface area contributed by atoms with Crippen LogP contribution >= 0.6 is 11.3 Å². The Hall–Kier alpha value is -3.28. The lowest BCUT2D eigenvalue weighted by Crippen LogP contribution is -2.48. The maximum Gasteiger partial charge on any atom is 0.254 e. The number of hydrogen-bond acceptors (Lipinski definition) is 9. The van der Waals surface area contributed by atoms with Crippen molar-refractivity contribution in [3.05, 3.63) is 52.9 Å². The topological polar surface area (TPSA) is 130 Å². The minimum atomic E-state index is -0.784. The van der Waals surface area contributed by atoms with Crippen molar-refractivity contribution in [1.29, 1.82) is 0 Å². The summed E-state index contributed by atoms with van der Waals surface area (Å²) >= 11 is 1.60. The number of amides is 2. The molecule has 0 spiro atoms. The van der Waals surface area contributed by atoms with E-state index in [0.29, 0.717) is 11.6 Å². The number of aryl methyl sites for hydroxylation is 1. The van der Waals surface area contributed by atoms with Crippen LogP contribution in [0.15, 0.2) is 40.4 Å². The minimum absolute atomic E-state index is 0.0166. The van der Waals surface area contributed by atoms with Crippen LogP contribution in [-0.4, -0.2) is 69.8 Å². The fourth-order valence-corrected chi connectivity index (χ4v) is 6.30. The lowest BCUT2D eigenvalue weighted by molar-refractivity contribution is -0.141. The van der Waals surface area contributed by atoms with Gasteiger partial charge in [-0.25, -0.2) is 4.98 Å². The van der Waals surface area contributed by atoms with Crippen molar-refractivity contribution in [1.82, 2.24) is 25.7 Å². The first-order valence-corrected chi connectivity index (χ1v) is 14.7. The van der Waals surface area contributed by atoms with E-state index in [0.717, 1.165) is 41.2 Å². The molecule has 3 aromatic rings. The predicted molar refractivity (Wildman–Crippen MR) is 151 cm³/mol. The molecule has 2 saturated heterocycles. The number of thiazole rings is 1. The van der Waals surface area contributed by atoms with Gasteiger partial charge in [-0.2, -0.15) is 0 Å². The number of carbonyl (C=O) groups is 2. The third kappa shape index (κ3) is 6.06. The maximum absolute atomic E-state index is 13.8. The molecule has 2 aliphatic heterocycles. The first-order chi connectivity index (χ1) is 19.2. The zero-order valence-corrected chi connectivity index (χ0v) is 24.1. The number of aromatic nitrogens is 2. The van der Waals surface area contributed by atoms with Gasteiger partial charge >= 0.3 is 0 Å². The number of aliphatic hydroxyl groups excluding tert-OH is 1. The minimum Gasteiger partial charge on any atom is -0.471 e. The summed E-state index contributed by atoms with van der Waals surface area (Å²) in [5.41, 5.74) is 4.85. The van der Waals surface area contributed by atoms with Crippen LogP contribution in [0.1, 0.15) is 62.6 Å². The van der Waals surface area contributed by atoms with Crippen LogP contribution in [0.5, 0.6) is 5.88 Å². The molecule has 0 aliphatic carbocycles. The van der Waals surface area contributed by atoms with Crippen molar-refractivity contribution >= 4 is 23.2 Å². The van der Waals surface area contributed by atoms with Gasteiger partial charge in [0.2, 0.25) is 11.8 Å². The first-order valence-electron chi connectivity index (χ1n) is 13.8. The predicted octanol–water partition coefficient (Wildman–Crippen LogP) is 3.43. The summed E-state index contributed by atoms with van der Waals surface area (Å²) < 4.78 is 11.4. The number of β-amino-alcohol motifs (C(OH)–C–C–N with tert-alkyl or cyclic N) is 1. The maximum atomic E-state index is 13.8. The average Bonchev–Trinajstić information content (AvgIpc) is 3.73. The molecule has 40 heavy (non-hydrogen) atoms. The molecule has 2 aromatic heterocycles. The summed E-state index contributed by atoms with van der Waals surface area (Å²) in [5.74, 6) is -0.601. The third-order valence-corrected chi connectivity index (χ3v) is 8.67. The van der Waals surface area contributed by atoms with Gasteiger partial charge in [0.25, 0.3) is 5.88 Å². The molecule has 2 unspecified atom stereocenters. The highest BCUT2D eigenvalue weighted by Crippen LogP contribution is 2.33. The highest BCUT2D eigenvalue weighted by atomic mass is 32.1. The summed E-state index contributed by atoms with van der Waals surface area (Å²) in [6.45, 7) is 9.46. The number of nitrogens with one attached hydrogen (secondary N) is 2. The van der Waals surface area contributed by atoms with E-state index < -0.39 is 18.1 Å². The molecule has 4 heterocycles. The summed E-state index contributed by atoms with van der Waals surface area (Å²) in [4.78, 5) is 34.2. The van der Waals surface area contributed by atoms with Crippen LogP contribution in [0.4, 0.5) is 0 Å². The molecule has 214 valence electrons. The molecule has 2 aliphatic rings. The molecule has 5 rings (SSSR count). The van der Waals surface area contributed by atoms with E-state index in [9.17, 15) is 14.7 Å². The van der Waals surface area contributed by atoms with E-state index in [1.807, 2.05) is 57.5 Å². The van der Waals surface area contributed by atoms with Crippen molar-refractivity contribution in [2.75, 3.05) is 19.6 Å². The highest BCUT2D eigenvalue weighted by Gasteiger charge is 2.43. The van der Waals surface area contributed by atoms with Crippen LogP contribution in [0.3, 0.4) is 0 Å². The molecule has 3 N–H and O–H groups in total. The van der Waals surface area contributed by atoms with Crippen molar-refractivity contribution in [2.45, 2.75) is 70.7 Å². The van der Waals surface area contributed by atoms with E-state index in [2.05, 4.69) is 20.8 Å². The lowest BCUT2D eigenvalue weighted by atomic mass is 9.91. The average molecular weight is 568 g/mol. The molecule has 0 saturated carbocycles. The van der Waals surface area contributed by atoms with E-state index >= 15 is 0 Å². The number of likely N-dealkylation sites (tertiary alicyclic amines) is 1. The quantitative estimate of drug-likeness (QED) is 0.359. The van der Waals surface area contributed by atoms with Crippen LogP contribution in [0.25, 0.3) is 10.4 Å². The molecular weight excluding hydrogens is 530 g/mol. The Balaban J connectivity index is 1.27. The van der Waals surface area contributed by atoms with Gasteiger partial charge in [0.1, 0.15) is 18.1 Å². The largest absolute Gasteiger partial charge is 0.471 e. The Morgan fingerprint density at radius 3 is 2.67 bits per heavy atom. The van der Waals surface area contributed by atoms with E-state index in [1.165, 1.54) is 4.90 Å². The fraction of sp³-hybridized carbons (Fsp3) is 0.517. The van der Waals surface area contributed by atoms with Crippen LogP contribution < -0.4 is 15.4 Å². The second kappa shape index (κ2) is 12.1. The van der Waals surface area contributed by atoms with Gasteiger partial charge in [0.15, 0.2) is 5.76 Å². The molecule has 11 heteroatoms. The summed E-state index contributed by atoms with van der Waals surface area (Å²) in [6, 6.07) is 8.64. The number of aliphatic hydroxyl groups is 1. The normalized spacial score (nSPS) is 22.4. The van der Waals surface area contributed by atoms with Crippen LogP contribution in [0.2, 0.25) is 0 Å². The van der Waals surface area contributed by atoms with Crippen LogP contribution in [-0.2, 0) is 9.59 Å². The van der Waals surface area contributed by atoms with Gasteiger partial charge in [-0.1, -0.05) is 38.1 Å². The van der Waals surface area contributed by atoms with Gasteiger partial charge in [0, 0.05) is 25.6 Å². The Morgan fingerprint density at radius 1 is 1.25 bits per heavy atom. The second-order valence-electron chi connectivity index (χ2n) is 11.0. The zero-order chi connectivity index (χ0) is 28.4. The van der Waals surface area contributed by atoms with Gasteiger partial charge in [-0.15, -0.1) is 11.3 Å². The monoisotopic (exact) mass is 567 g/mol.